The molecule has 2 amide bonds. The Hall–Kier alpha value is -2.77. The monoisotopic (exact) mass is 382 g/mol. The van der Waals surface area contributed by atoms with Crippen molar-refractivity contribution >= 4 is 17.5 Å². The van der Waals surface area contributed by atoms with Crippen LogP contribution in [0.4, 0.5) is 5.69 Å². The summed E-state index contributed by atoms with van der Waals surface area (Å²) in [5.74, 6) is -0.0733. The summed E-state index contributed by atoms with van der Waals surface area (Å²) in [5.41, 5.74) is 8.39. The Labute approximate surface area is 164 Å². The van der Waals surface area contributed by atoms with E-state index in [4.69, 9.17) is 10.5 Å². The van der Waals surface area contributed by atoms with Crippen LogP contribution in [0.2, 0.25) is 0 Å². The molecule has 1 aliphatic rings. The van der Waals surface area contributed by atoms with Crippen LogP contribution in [0.5, 0.6) is 0 Å². The van der Waals surface area contributed by atoms with Crippen LogP contribution in [-0.4, -0.2) is 43.1 Å². The SMILES string of the molecule is CN(C(=O)c1ccncc1)c1ccc(CNC(=O)C(N)C2CCOCC2)cc1. The van der Waals surface area contributed by atoms with Gasteiger partial charge in [-0.05, 0) is 48.6 Å². The van der Waals surface area contributed by atoms with Crippen molar-refractivity contribution in [3.63, 3.8) is 0 Å². The standard InChI is InChI=1S/C21H26N4O3/c1-25(21(27)17-6-10-23-11-7-17)18-4-2-15(3-5-18)14-24-20(26)19(22)16-8-12-28-13-9-16/h2-7,10-11,16,19H,8-9,12-14,22H2,1H3,(H,24,26). The molecule has 1 aliphatic heterocycles. The van der Waals surface area contributed by atoms with E-state index >= 15 is 0 Å². The van der Waals surface area contributed by atoms with E-state index in [1.54, 1.807) is 36.5 Å². The molecular weight excluding hydrogens is 356 g/mol. The first-order valence-corrected chi connectivity index (χ1v) is 9.44. The topological polar surface area (TPSA) is 97.6 Å². The molecule has 1 fully saturated rings. The van der Waals surface area contributed by atoms with Gasteiger partial charge in [0.2, 0.25) is 5.91 Å². The van der Waals surface area contributed by atoms with Gasteiger partial charge in [0.05, 0.1) is 6.04 Å². The molecule has 3 rings (SSSR count). The largest absolute Gasteiger partial charge is 0.381 e. The minimum atomic E-state index is -0.507. The molecule has 2 heterocycles. The van der Waals surface area contributed by atoms with Crippen LogP contribution in [0.3, 0.4) is 0 Å². The maximum Gasteiger partial charge on any atom is 0.258 e. The van der Waals surface area contributed by atoms with Gasteiger partial charge in [-0.3, -0.25) is 14.6 Å². The molecule has 0 aliphatic carbocycles. The predicted molar refractivity (Wildman–Crippen MR) is 107 cm³/mol. The number of anilines is 1. The van der Waals surface area contributed by atoms with Crippen molar-refractivity contribution in [3.8, 4) is 0 Å². The quantitative estimate of drug-likeness (QED) is 0.793. The number of ether oxygens (including phenoxy) is 1. The number of nitrogens with one attached hydrogen (secondary N) is 1. The number of nitrogens with two attached hydrogens (primary N) is 1. The molecule has 28 heavy (non-hydrogen) atoms. The van der Waals surface area contributed by atoms with Crippen molar-refractivity contribution in [2.45, 2.75) is 25.4 Å². The van der Waals surface area contributed by atoms with Gasteiger partial charge in [-0.25, -0.2) is 0 Å². The van der Waals surface area contributed by atoms with Crippen molar-refractivity contribution in [1.29, 1.82) is 0 Å². The maximum atomic E-state index is 12.5. The summed E-state index contributed by atoms with van der Waals surface area (Å²) in [6.45, 7) is 1.73. The molecule has 1 atom stereocenters. The highest BCUT2D eigenvalue weighted by atomic mass is 16.5. The van der Waals surface area contributed by atoms with E-state index in [9.17, 15) is 9.59 Å². The van der Waals surface area contributed by atoms with Crippen molar-refractivity contribution in [3.05, 3.63) is 59.9 Å². The van der Waals surface area contributed by atoms with Gasteiger partial charge in [0.15, 0.2) is 0 Å². The number of hydrogen-bond donors (Lipinski definition) is 2. The first-order valence-electron chi connectivity index (χ1n) is 9.44. The van der Waals surface area contributed by atoms with Crippen LogP contribution in [0.25, 0.3) is 0 Å². The van der Waals surface area contributed by atoms with E-state index in [0.29, 0.717) is 25.3 Å². The molecule has 2 aromatic rings. The van der Waals surface area contributed by atoms with Crippen molar-refractivity contribution in [2.75, 3.05) is 25.2 Å². The zero-order valence-corrected chi connectivity index (χ0v) is 16.0. The third-order valence-electron chi connectivity index (χ3n) is 5.10. The lowest BCUT2D eigenvalue weighted by molar-refractivity contribution is -0.124. The number of aromatic nitrogens is 1. The fraction of sp³-hybridized carbons (Fsp3) is 0.381. The summed E-state index contributed by atoms with van der Waals surface area (Å²) in [4.78, 5) is 30.3. The number of benzene rings is 1. The lowest BCUT2D eigenvalue weighted by atomic mass is 9.92. The van der Waals surface area contributed by atoms with Gasteiger partial charge in [0.25, 0.3) is 5.91 Å². The molecule has 0 spiro atoms. The van der Waals surface area contributed by atoms with E-state index in [-0.39, 0.29) is 17.7 Å². The first-order chi connectivity index (χ1) is 13.6. The molecule has 1 aromatic carbocycles. The average molecular weight is 382 g/mol. The van der Waals surface area contributed by atoms with Crippen molar-refractivity contribution < 1.29 is 14.3 Å². The summed E-state index contributed by atoms with van der Waals surface area (Å²) in [6, 6.07) is 10.4. The zero-order chi connectivity index (χ0) is 19.9. The zero-order valence-electron chi connectivity index (χ0n) is 16.0. The summed E-state index contributed by atoms with van der Waals surface area (Å²) in [7, 11) is 1.73. The second-order valence-corrected chi connectivity index (χ2v) is 6.96. The van der Waals surface area contributed by atoms with Gasteiger partial charge in [0, 0.05) is 50.5 Å². The fourth-order valence-corrected chi connectivity index (χ4v) is 3.24. The molecule has 3 N–H and O–H groups in total. The van der Waals surface area contributed by atoms with Gasteiger partial charge < -0.3 is 20.7 Å². The van der Waals surface area contributed by atoms with Gasteiger partial charge in [-0.2, -0.15) is 0 Å². The van der Waals surface area contributed by atoms with Crippen LogP contribution in [0, 0.1) is 5.92 Å². The Balaban J connectivity index is 1.54. The lowest BCUT2D eigenvalue weighted by Gasteiger charge is -2.26. The molecule has 1 saturated heterocycles. The van der Waals surface area contributed by atoms with Gasteiger partial charge in [-0.15, -0.1) is 0 Å². The Morgan fingerprint density at radius 2 is 1.82 bits per heavy atom. The number of amides is 2. The van der Waals surface area contributed by atoms with Gasteiger partial charge >= 0.3 is 0 Å². The molecule has 7 nitrogen and oxygen atoms in total. The van der Waals surface area contributed by atoms with Crippen molar-refractivity contribution in [1.82, 2.24) is 10.3 Å². The van der Waals surface area contributed by atoms with E-state index in [0.717, 1.165) is 24.1 Å². The molecule has 1 unspecified atom stereocenters. The lowest BCUT2D eigenvalue weighted by Crippen LogP contribution is -2.46. The highest BCUT2D eigenvalue weighted by Crippen LogP contribution is 2.19. The molecule has 0 radical (unpaired) electrons. The number of carbonyl (C=O) groups excluding carboxylic acids is 2. The Morgan fingerprint density at radius 1 is 1.18 bits per heavy atom. The molecular formula is C21H26N4O3. The number of hydrogen-bond acceptors (Lipinski definition) is 5. The summed E-state index contributed by atoms with van der Waals surface area (Å²) in [5, 5.41) is 2.90. The summed E-state index contributed by atoms with van der Waals surface area (Å²) in [6.07, 6.45) is 4.83. The normalized spacial score (nSPS) is 15.6. The Morgan fingerprint density at radius 3 is 2.46 bits per heavy atom. The number of pyridine rings is 1. The number of carbonyl (C=O) groups is 2. The van der Waals surface area contributed by atoms with Crippen LogP contribution < -0.4 is 16.0 Å². The Kier molecular flexibility index (Phi) is 6.73. The van der Waals surface area contributed by atoms with Gasteiger partial charge in [-0.1, -0.05) is 12.1 Å². The van der Waals surface area contributed by atoms with E-state index in [1.165, 1.54) is 0 Å². The second kappa shape index (κ2) is 9.43. The average Bonchev–Trinajstić information content (AvgIpc) is 2.77. The summed E-state index contributed by atoms with van der Waals surface area (Å²) < 4.78 is 5.32. The minimum Gasteiger partial charge on any atom is -0.381 e. The predicted octanol–water partition coefficient (Wildman–Crippen LogP) is 1.73. The van der Waals surface area contributed by atoms with Crippen LogP contribution in [0.1, 0.15) is 28.8 Å². The first kappa shape index (κ1) is 20.0. The van der Waals surface area contributed by atoms with Crippen LogP contribution in [0.15, 0.2) is 48.8 Å². The highest BCUT2D eigenvalue weighted by molar-refractivity contribution is 6.05. The van der Waals surface area contributed by atoms with Gasteiger partial charge in [0.1, 0.15) is 0 Å². The summed E-state index contributed by atoms with van der Waals surface area (Å²) >= 11 is 0. The second-order valence-electron chi connectivity index (χ2n) is 6.96. The van der Waals surface area contributed by atoms with E-state index < -0.39 is 6.04 Å². The fourth-order valence-electron chi connectivity index (χ4n) is 3.24. The number of nitrogens with zero attached hydrogens (tertiary/aromatic N) is 2. The van der Waals surface area contributed by atoms with E-state index in [2.05, 4.69) is 10.3 Å². The van der Waals surface area contributed by atoms with Crippen molar-refractivity contribution in [2.24, 2.45) is 11.7 Å². The number of rotatable bonds is 6. The molecule has 0 saturated carbocycles. The van der Waals surface area contributed by atoms with Crippen LogP contribution >= 0.6 is 0 Å². The molecule has 1 aromatic heterocycles. The Bertz CT molecular complexity index is 789. The van der Waals surface area contributed by atoms with E-state index in [1.807, 2.05) is 24.3 Å². The molecule has 0 bridgehead atoms. The van der Waals surface area contributed by atoms with Crippen LogP contribution in [-0.2, 0) is 16.1 Å². The molecule has 148 valence electrons. The highest BCUT2D eigenvalue weighted by Gasteiger charge is 2.26. The minimum absolute atomic E-state index is 0.106. The maximum absolute atomic E-state index is 12.5. The third kappa shape index (κ3) is 4.94. The smallest absolute Gasteiger partial charge is 0.258 e. The molecule has 7 heteroatoms. The third-order valence-corrected chi connectivity index (χ3v) is 5.10.